The van der Waals surface area contributed by atoms with Crippen molar-refractivity contribution in [3.05, 3.63) is 35.4 Å². The van der Waals surface area contributed by atoms with Crippen molar-refractivity contribution in [3.8, 4) is 0 Å². The lowest BCUT2D eigenvalue weighted by molar-refractivity contribution is 0.184. The molecule has 0 aliphatic carbocycles. The molecule has 4 heteroatoms. The van der Waals surface area contributed by atoms with Crippen LogP contribution in [-0.2, 0) is 6.42 Å². The number of aliphatic hydroxyl groups is 1. The van der Waals surface area contributed by atoms with Crippen molar-refractivity contribution in [1.29, 1.82) is 0 Å². The van der Waals surface area contributed by atoms with Gasteiger partial charge in [-0.2, -0.15) is 0 Å². The maximum atomic E-state index is 9.83. The average Bonchev–Trinajstić information content (AvgIpc) is 2.66. The highest BCUT2D eigenvalue weighted by Crippen LogP contribution is 2.20. The third-order valence-corrected chi connectivity index (χ3v) is 2.76. The number of aliphatic hydroxyl groups excluding tert-OH is 1. The van der Waals surface area contributed by atoms with E-state index in [1.807, 2.05) is 36.6 Å². The number of hydrogen-bond acceptors (Lipinski definition) is 3. The van der Waals surface area contributed by atoms with Gasteiger partial charge >= 0.3 is 0 Å². The quantitative estimate of drug-likeness (QED) is 0.815. The molecule has 0 saturated carbocycles. The summed E-state index contributed by atoms with van der Waals surface area (Å²) < 4.78 is 2.02. The van der Waals surface area contributed by atoms with E-state index in [1.54, 1.807) is 0 Å². The summed E-state index contributed by atoms with van der Waals surface area (Å²) in [5.41, 5.74) is 8.27. The zero-order valence-electron chi connectivity index (χ0n) is 9.64. The van der Waals surface area contributed by atoms with E-state index >= 15 is 0 Å². The van der Waals surface area contributed by atoms with Gasteiger partial charge in [-0.25, -0.2) is 4.98 Å². The number of aryl methyl sites for hydroxylation is 2. The van der Waals surface area contributed by atoms with E-state index in [2.05, 4.69) is 4.98 Å². The van der Waals surface area contributed by atoms with Gasteiger partial charge in [0.25, 0.3) is 0 Å². The Labute approximate surface area is 94.7 Å². The molecule has 1 unspecified atom stereocenters. The highest BCUT2D eigenvalue weighted by Gasteiger charge is 2.15. The van der Waals surface area contributed by atoms with Crippen LogP contribution in [0.2, 0.25) is 0 Å². The SMILES string of the molecule is CCc1nc(C(O)CN)c2cc(C)ccn12. The standard InChI is InChI=1S/C12H17N3O/c1-3-11-14-12(10(16)7-13)9-6-8(2)4-5-15(9)11/h4-6,10,16H,3,7,13H2,1-2H3. The monoisotopic (exact) mass is 219 g/mol. The van der Waals surface area contributed by atoms with E-state index in [1.165, 1.54) is 0 Å². The summed E-state index contributed by atoms with van der Waals surface area (Å²) >= 11 is 0. The lowest BCUT2D eigenvalue weighted by atomic mass is 10.2. The molecular formula is C12H17N3O. The summed E-state index contributed by atoms with van der Waals surface area (Å²) in [6, 6.07) is 4.06. The van der Waals surface area contributed by atoms with Crippen LogP contribution in [-0.4, -0.2) is 21.0 Å². The van der Waals surface area contributed by atoms with Crippen molar-refractivity contribution >= 4 is 5.52 Å². The Kier molecular flexibility index (Phi) is 2.94. The van der Waals surface area contributed by atoms with Gasteiger partial charge in [0, 0.05) is 19.2 Å². The summed E-state index contributed by atoms with van der Waals surface area (Å²) in [6.07, 6.45) is 2.14. The molecule has 2 rings (SSSR count). The summed E-state index contributed by atoms with van der Waals surface area (Å²) in [7, 11) is 0. The van der Waals surface area contributed by atoms with Gasteiger partial charge in [0.05, 0.1) is 11.2 Å². The topological polar surface area (TPSA) is 63.5 Å². The number of pyridine rings is 1. The molecule has 0 amide bonds. The van der Waals surface area contributed by atoms with E-state index in [-0.39, 0.29) is 6.54 Å². The molecule has 0 aliphatic rings. The van der Waals surface area contributed by atoms with Crippen molar-refractivity contribution in [2.45, 2.75) is 26.4 Å². The first-order valence-electron chi connectivity index (χ1n) is 5.53. The van der Waals surface area contributed by atoms with E-state index in [0.717, 1.165) is 23.3 Å². The van der Waals surface area contributed by atoms with Crippen molar-refractivity contribution < 1.29 is 5.11 Å². The second kappa shape index (κ2) is 4.23. The minimum absolute atomic E-state index is 0.198. The zero-order chi connectivity index (χ0) is 11.7. The van der Waals surface area contributed by atoms with Gasteiger partial charge < -0.3 is 15.2 Å². The summed E-state index contributed by atoms with van der Waals surface area (Å²) in [5.74, 6) is 0.956. The number of rotatable bonds is 3. The van der Waals surface area contributed by atoms with Crippen molar-refractivity contribution in [2.75, 3.05) is 6.54 Å². The summed E-state index contributed by atoms with van der Waals surface area (Å²) in [4.78, 5) is 4.45. The molecule has 0 aromatic carbocycles. The molecule has 0 radical (unpaired) electrons. The first-order valence-corrected chi connectivity index (χ1v) is 5.53. The zero-order valence-corrected chi connectivity index (χ0v) is 9.64. The van der Waals surface area contributed by atoms with Crippen LogP contribution in [0.4, 0.5) is 0 Å². The molecule has 2 aromatic heterocycles. The lowest BCUT2D eigenvalue weighted by Crippen LogP contribution is -2.12. The van der Waals surface area contributed by atoms with Gasteiger partial charge in [0.1, 0.15) is 11.9 Å². The van der Waals surface area contributed by atoms with Crippen molar-refractivity contribution in [2.24, 2.45) is 5.73 Å². The van der Waals surface area contributed by atoms with Crippen LogP contribution < -0.4 is 5.73 Å². The number of imidazole rings is 1. The number of hydrogen-bond donors (Lipinski definition) is 2. The molecule has 0 fully saturated rings. The van der Waals surface area contributed by atoms with Crippen molar-refractivity contribution in [1.82, 2.24) is 9.38 Å². The van der Waals surface area contributed by atoms with Crippen LogP contribution in [0, 0.1) is 6.92 Å². The van der Waals surface area contributed by atoms with Crippen molar-refractivity contribution in [3.63, 3.8) is 0 Å². The number of fused-ring (bicyclic) bond motifs is 1. The van der Waals surface area contributed by atoms with Gasteiger partial charge in [-0.15, -0.1) is 0 Å². The van der Waals surface area contributed by atoms with Gasteiger partial charge in [0.15, 0.2) is 0 Å². The third-order valence-electron chi connectivity index (χ3n) is 2.76. The minimum Gasteiger partial charge on any atom is -0.385 e. The number of nitrogens with two attached hydrogens (primary N) is 1. The predicted octanol–water partition coefficient (Wildman–Crippen LogP) is 1.20. The van der Waals surface area contributed by atoms with Gasteiger partial charge in [-0.05, 0) is 24.6 Å². The molecule has 0 saturated heterocycles. The van der Waals surface area contributed by atoms with Crippen LogP contribution in [0.5, 0.6) is 0 Å². The van der Waals surface area contributed by atoms with Gasteiger partial charge in [0.2, 0.25) is 0 Å². The Morgan fingerprint density at radius 2 is 2.31 bits per heavy atom. The predicted molar refractivity (Wildman–Crippen MR) is 63.3 cm³/mol. The normalized spacial score (nSPS) is 13.2. The Morgan fingerprint density at radius 1 is 1.56 bits per heavy atom. The van der Waals surface area contributed by atoms with Gasteiger partial charge in [-0.1, -0.05) is 6.92 Å². The fourth-order valence-corrected chi connectivity index (χ4v) is 1.88. The lowest BCUT2D eigenvalue weighted by Gasteiger charge is -2.04. The second-order valence-corrected chi connectivity index (χ2v) is 3.98. The van der Waals surface area contributed by atoms with Crippen LogP contribution in [0.3, 0.4) is 0 Å². The highest BCUT2D eigenvalue weighted by molar-refractivity contribution is 5.56. The fourth-order valence-electron chi connectivity index (χ4n) is 1.88. The Hall–Kier alpha value is -1.39. The third kappa shape index (κ3) is 1.70. The van der Waals surface area contributed by atoms with Crippen LogP contribution in [0.25, 0.3) is 5.52 Å². The first-order chi connectivity index (χ1) is 7.67. The number of nitrogens with zero attached hydrogens (tertiary/aromatic N) is 2. The average molecular weight is 219 g/mol. The van der Waals surface area contributed by atoms with E-state index < -0.39 is 6.10 Å². The van der Waals surface area contributed by atoms with E-state index in [9.17, 15) is 5.11 Å². The Balaban J connectivity index is 2.68. The highest BCUT2D eigenvalue weighted by atomic mass is 16.3. The molecule has 2 aromatic rings. The number of aromatic nitrogens is 2. The van der Waals surface area contributed by atoms with Crippen LogP contribution in [0.15, 0.2) is 18.3 Å². The molecule has 0 aliphatic heterocycles. The smallest absolute Gasteiger partial charge is 0.113 e. The molecule has 2 heterocycles. The molecule has 0 bridgehead atoms. The van der Waals surface area contributed by atoms with Crippen LogP contribution >= 0.6 is 0 Å². The maximum absolute atomic E-state index is 9.83. The molecule has 16 heavy (non-hydrogen) atoms. The minimum atomic E-state index is -0.683. The van der Waals surface area contributed by atoms with E-state index in [0.29, 0.717) is 5.69 Å². The second-order valence-electron chi connectivity index (χ2n) is 3.98. The molecule has 0 spiro atoms. The molecule has 3 N–H and O–H groups in total. The summed E-state index contributed by atoms with van der Waals surface area (Å²) in [5, 5.41) is 9.83. The Bertz CT molecular complexity index is 504. The Morgan fingerprint density at radius 3 is 2.94 bits per heavy atom. The maximum Gasteiger partial charge on any atom is 0.113 e. The fraction of sp³-hybridized carbons (Fsp3) is 0.417. The first kappa shape index (κ1) is 11.1. The molecule has 86 valence electrons. The molecular weight excluding hydrogens is 202 g/mol. The van der Waals surface area contributed by atoms with Gasteiger partial charge in [-0.3, -0.25) is 0 Å². The molecule has 4 nitrogen and oxygen atoms in total. The largest absolute Gasteiger partial charge is 0.385 e. The molecule has 1 atom stereocenters. The van der Waals surface area contributed by atoms with Crippen LogP contribution in [0.1, 0.15) is 30.1 Å². The summed E-state index contributed by atoms with van der Waals surface area (Å²) in [6.45, 7) is 4.27. The van der Waals surface area contributed by atoms with E-state index in [4.69, 9.17) is 5.73 Å².